The molecule has 1 aromatic heterocycles. The van der Waals surface area contributed by atoms with Crippen LogP contribution in [-0.2, 0) is 9.53 Å². The largest absolute Gasteiger partial charge is 0.477 e. The molecule has 0 aliphatic heterocycles. The van der Waals surface area contributed by atoms with Crippen LogP contribution in [-0.4, -0.2) is 36.1 Å². The molecule has 1 aromatic rings. The lowest BCUT2D eigenvalue weighted by Crippen LogP contribution is -2.35. The summed E-state index contributed by atoms with van der Waals surface area (Å²) in [4.78, 5) is 27.4. The number of aromatic nitrogens is 1. The van der Waals surface area contributed by atoms with Crippen LogP contribution in [0.25, 0.3) is 0 Å². The van der Waals surface area contributed by atoms with Crippen LogP contribution in [0.3, 0.4) is 0 Å². The van der Waals surface area contributed by atoms with E-state index in [-0.39, 0.29) is 17.4 Å². The van der Waals surface area contributed by atoms with E-state index < -0.39 is 12.1 Å². The van der Waals surface area contributed by atoms with Gasteiger partial charge in [0.2, 0.25) is 5.88 Å². The molecule has 0 aliphatic rings. The molecule has 1 amide bonds. The highest BCUT2D eigenvalue weighted by Gasteiger charge is 2.21. The Morgan fingerprint density at radius 1 is 1.42 bits per heavy atom. The number of hydrogen-bond acceptors (Lipinski definition) is 5. The number of amides is 1. The minimum atomic E-state index is -0.859. The van der Waals surface area contributed by atoms with Crippen LogP contribution in [0, 0.1) is 0 Å². The highest BCUT2D eigenvalue weighted by molar-refractivity contribution is 5.94. The van der Waals surface area contributed by atoms with Crippen LogP contribution >= 0.6 is 0 Å². The van der Waals surface area contributed by atoms with Crippen LogP contribution < -0.4 is 10.1 Å². The molecule has 0 spiro atoms. The predicted molar refractivity (Wildman–Crippen MR) is 69.0 cm³/mol. The molecule has 0 aliphatic carbocycles. The van der Waals surface area contributed by atoms with E-state index in [0.717, 1.165) is 0 Å². The van der Waals surface area contributed by atoms with Gasteiger partial charge in [-0.15, -0.1) is 0 Å². The average Bonchev–Trinajstić information content (AvgIpc) is 2.39. The first-order valence-corrected chi connectivity index (χ1v) is 6.16. The zero-order chi connectivity index (χ0) is 14.3. The fraction of sp³-hybridized carbons (Fsp3) is 0.462. The molecular formula is C13H18N2O4. The SMILES string of the molecule is CCNC(=O)C(C)OC(=O)c1cccnc1OCC. The molecular weight excluding hydrogens is 248 g/mol. The molecule has 1 rings (SSSR count). The van der Waals surface area contributed by atoms with Gasteiger partial charge in [0, 0.05) is 12.7 Å². The van der Waals surface area contributed by atoms with Gasteiger partial charge in [0.15, 0.2) is 6.10 Å². The fourth-order valence-corrected chi connectivity index (χ4v) is 1.39. The Morgan fingerprint density at radius 3 is 2.79 bits per heavy atom. The normalized spacial score (nSPS) is 11.5. The molecule has 0 fully saturated rings. The third-order valence-electron chi connectivity index (χ3n) is 2.28. The topological polar surface area (TPSA) is 77.5 Å². The summed E-state index contributed by atoms with van der Waals surface area (Å²) in [7, 11) is 0. The van der Waals surface area contributed by atoms with Gasteiger partial charge >= 0.3 is 5.97 Å². The molecule has 0 aromatic carbocycles. The Balaban J connectivity index is 2.75. The minimum absolute atomic E-state index is 0.207. The molecule has 6 heteroatoms. The Kier molecular flexibility index (Phi) is 5.78. The quantitative estimate of drug-likeness (QED) is 0.782. The highest BCUT2D eigenvalue weighted by atomic mass is 16.5. The van der Waals surface area contributed by atoms with Crippen molar-refractivity contribution in [3.63, 3.8) is 0 Å². The van der Waals surface area contributed by atoms with E-state index in [4.69, 9.17) is 9.47 Å². The lowest BCUT2D eigenvalue weighted by atomic mass is 10.2. The van der Waals surface area contributed by atoms with Crippen molar-refractivity contribution < 1.29 is 19.1 Å². The number of hydrogen-bond donors (Lipinski definition) is 1. The van der Waals surface area contributed by atoms with E-state index in [2.05, 4.69) is 10.3 Å². The molecule has 1 N–H and O–H groups in total. The summed E-state index contributed by atoms with van der Waals surface area (Å²) < 4.78 is 10.3. The summed E-state index contributed by atoms with van der Waals surface area (Å²) in [6.45, 7) is 5.97. The van der Waals surface area contributed by atoms with Crippen molar-refractivity contribution in [2.75, 3.05) is 13.2 Å². The first-order valence-electron chi connectivity index (χ1n) is 6.16. The van der Waals surface area contributed by atoms with Gasteiger partial charge in [-0.05, 0) is 32.9 Å². The monoisotopic (exact) mass is 266 g/mol. The van der Waals surface area contributed by atoms with Crippen molar-refractivity contribution in [3.05, 3.63) is 23.9 Å². The van der Waals surface area contributed by atoms with Gasteiger partial charge in [-0.25, -0.2) is 9.78 Å². The first-order chi connectivity index (χ1) is 9.10. The van der Waals surface area contributed by atoms with Crippen LogP contribution in [0.1, 0.15) is 31.1 Å². The van der Waals surface area contributed by atoms with E-state index in [9.17, 15) is 9.59 Å². The highest BCUT2D eigenvalue weighted by Crippen LogP contribution is 2.16. The van der Waals surface area contributed by atoms with Crippen molar-refractivity contribution >= 4 is 11.9 Å². The maximum Gasteiger partial charge on any atom is 0.344 e. The summed E-state index contributed by atoms with van der Waals surface area (Å²) in [6, 6.07) is 3.15. The number of ether oxygens (including phenoxy) is 2. The van der Waals surface area contributed by atoms with E-state index >= 15 is 0 Å². The summed E-state index contributed by atoms with van der Waals surface area (Å²) in [6.07, 6.45) is 0.664. The van der Waals surface area contributed by atoms with Crippen LogP contribution in [0.5, 0.6) is 5.88 Å². The molecule has 6 nitrogen and oxygen atoms in total. The second-order valence-corrected chi connectivity index (χ2v) is 3.73. The molecule has 1 unspecified atom stereocenters. The van der Waals surface area contributed by atoms with Gasteiger partial charge in [0.1, 0.15) is 5.56 Å². The Bertz CT molecular complexity index is 448. The van der Waals surface area contributed by atoms with Crippen LogP contribution in [0.4, 0.5) is 0 Å². The summed E-state index contributed by atoms with van der Waals surface area (Å²) in [5, 5.41) is 2.58. The number of pyridine rings is 1. The third-order valence-corrected chi connectivity index (χ3v) is 2.28. The molecule has 19 heavy (non-hydrogen) atoms. The summed E-state index contributed by atoms with van der Waals surface area (Å²) >= 11 is 0. The number of nitrogens with one attached hydrogen (secondary N) is 1. The lowest BCUT2D eigenvalue weighted by molar-refractivity contribution is -0.128. The molecule has 0 radical (unpaired) electrons. The maximum atomic E-state index is 11.9. The van der Waals surface area contributed by atoms with E-state index in [1.165, 1.54) is 13.1 Å². The van der Waals surface area contributed by atoms with E-state index in [1.54, 1.807) is 26.0 Å². The molecule has 0 saturated heterocycles. The second-order valence-electron chi connectivity index (χ2n) is 3.73. The van der Waals surface area contributed by atoms with Gasteiger partial charge < -0.3 is 14.8 Å². The Hall–Kier alpha value is -2.11. The number of nitrogens with zero attached hydrogens (tertiary/aromatic N) is 1. The Morgan fingerprint density at radius 2 is 2.16 bits per heavy atom. The smallest absolute Gasteiger partial charge is 0.344 e. The van der Waals surface area contributed by atoms with Gasteiger partial charge in [-0.1, -0.05) is 0 Å². The number of rotatable bonds is 6. The van der Waals surface area contributed by atoms with Gasteiger partial charge in [-0.2, -0.15) is 0 Å². The Labute approximate surface area is 112 Å². The maximum absolute atomic E-state index is 11.9. The third kappa shape index (κ3) is 4.24. The zero-order valence-corrected chi connectivity index (χ0v) is 11.3. The number of likely N-dealkylation sites (N-methyl/N-ethyl adjacent to an activating group) is 1. The van der Waals surface area contributed by atoms with Crippen molar-refractivity contribution in [2.45, 2.75) is 26.9 Å². The van der Waals surface area contributed by atoms with Gasteiger partial charge in [-0.3, -0.25) is 4.79 Å². The van der Waals surface area contributed by atoms with Crippen molar-refractivity contribution in [2.24, 2.45) is 0 Å². The summed E-state index contributed by atoms with van der Waals surface area (Å²) in [5.41, 5.74) is 0.209. The molecule has 104 valence electrons. The fourth-order valence-electron chi connectivity index (χ4n) is 1.39. The van der Waals surface area contributed by atoms with Crippen LogP contribution in [0.2, 0.25) is 0 Å². The molecule has 1 heterocycles. The van der Waals surface area contributed by atoms with Gasteiger partial charge in [0.05, 0.1) is 6.61 Å². The van der Waals surface area contributed by atoms with E-state index in [0.29, 0.717) is 13.2 Å². The predicted octanol–water partition coefficient (Wildman–Crippen LogP) is 1.16. The van der Waals surface area contributed by atoms with Crippen molar-refractivity contribution in [1.82, 2.24) is 10.3 Å². The standard InChI is InChI=1S/C13H18N2O4/c1-4-14-11(16)9(3)19-13(17)10-7-6-8-15-12(10)18-5-2/h6-9H,4-5H2,1-3H3,(H,14,16). The van der Waals surface area contributed by atoms with Gasteiger partial charge in [0.25, 0.3) is 5.91 Å². The first kappa shape index (κ1) is 14.9. The second kappa shape index (κ2) is 7.35. The van der Waals surface area contributed by atoms with Crippen LogP contribution in [0.15, 0.2) is 18.3 Å². The average molecular weight is 266 g/mol. The zero-order valence-electron chi connectivity index (χ0n) is 11.3. The summed E-state index contributed by atoms with van der Waals surface area (Å²) in [5.74, 6) is -0.758. The van der Waals surface area contributed by atoms with Crippen molar-refractivity contribution in [3.8, 4) is 5.88 Å². The number of carbonyl (C=O) groups excluding carboxylic acids is 2. The number of carbonyl (C=O) groups is 2. The van der Waals surface area contributed by atoms with E-state index in [1.807, 2.05) is 0 Å². The molecule has 0 bridgehead atoms. The van der Waals surface area contributed by atoms with Crippen molar-refractivity contribution in [1.29, 1.82) is 0 Å². The molecule has 1 atom stereocenters. The lowest BCUT2D eigenvalue weighted by Gasteiger charge is -2.13. The minimum Gasteiger partial charge on any atom is -0.477 e. The molecule has 0 saturated carbocycles. The number of esters is 1.